The summed E-state index contributed by atoms with van der Waals surface area (Å²) in [7, 11) is 1.57. The lowest BCUT2D eigenvalue weighted by Gasteiger charge is -1.95. The SMILES string of the molecule is CC#Cc1nc([N+](=O)[O-])c(CO)n1C. The third-order valence-corrected chi connectivity index (χ3v) is 1.75. The van der Waals surface area contributed by atoms with Gasteiger partial charge in [0.15, 0.2) is 0 Å². The molecular formula is C8H9N3O3. The van der Waals surface area contributed by atoms with Gasteiger partial charge in [-0.2, -0.15) is 0 Å². The molecule has 0 aliphatic carbocycles. The first-order chi connectivity index (χ1) is 6.61. The van der Waals surface area contributed by atoms with E-state index in [0.29, 0.717) is 0 Å². The van der Waals surface area contributed by atoms with Crippen LogP contribution < -0.4 is 0 Å². The molecule has 0 aliphatic rings. The van der Waals surface area contributed by atoms with Crippen LogP contribution in [0.25, 0.3) is 0 Å². The van der Waals surface area contributed by atoms with Crippen LogP contribution in [0.3, 0.4) is 0 Å². The van der Waals surface area contributed by atoms with Crippen molar-refractivity contribution in [2.75, 3.05) is 0 Å². The molecule has 14 heavy (non-hydrogen) atoms. The summed E-state index contributed by atoms with van der Waals surface area (Å²) in [5, 5.41) is 19.4. The highest BCUT2D eigenvalue weighted by atomic mass is 16.6. The number of imidazole rings is 1. The Labute approximate surface area is 80.3 Å². The maximum atomic E-state index is 10.5. The minimum absolute atomic E-state index is 0.160. The lowest BCUT2D eigenvalue weighted by molar-refractivity contribution is -0.390. The molecule has 1 N–H and O–H groups in total. The van der Waals surface area contributed by atoms with Crippen LogP contribution in [0, 0.1) is 22.0 Å². The summed E-state index contributed by atoms with van der Waals surface area (Å²) in [5.41, 5.74) is 0.160. The van der Waals surface area contributed by atoms with Crippen LogP contribution in [0.1, 0.15) is 18.4 Å². The maximum Gasteiger partial charge on any atom is 0.388 e. The molecule has 0 bridgehead atoms. The highest BCUT2D eigenvalue weighted by molar-refractivity contribution is 5.35. The molecule has 1 rings (SSSR count). The highest BCUT2D eigenvalue weighted by Gasteiger charge is 2.23. The lowest BCUT2D eigenvalue weighted by Crippen LogP contribution is -2.00. The first kappa shape index (κ1) is 10.2. The van der Waals surface area contributed by atoms with Gasteiger partial charge >= 0.3 is 5.82 Å². The fourth-order valence-corrected chi connectivity index (χ4v) is 1.06. The molecule has 1 heterocycles. The Morgan fingerprint density at radius 3 is 2.71 bits per heavy atom. The van der Waals surface area contributed by atoms with Crippen molar-refractivity contribution < 1.29 is 10.0 Å². The summed E-state index contributed by atoms with van der Waals surface area (Å²) in [5.74, 6) is 5.14. The fraction of sp³-hybridized carbons (Fsp3) is 0.375. The van der Waals surface area contributed by atoms with Crippen molar-refractivity contribution in [2.45, 2.75) is 13.5 Å². The van der Waals surface area contributed by atoms with Crippen molar-refractivity contribution in [2.24, 2.45) is 7.05 Å². The second-order valence-corrected chi connectivity index (χ2v) is 2.55. The molecule has 74 valence electrons. The molecular weight excluding hydrogens is 186 g/mol. The monoisotopic (exact) mass is 195 g/mol. The first-order valence-electron chi connectivity index (χ1n) is 3.85. The van der Waals surface area contributed by atoms with Crippen LogP contribution in [0.2, 0.25) is 0 Å². The van der Waals surface area contributed by atoms with Gasteiger partial charge in [0.1, 0.15) is 5.69 Å². The van der Waals surface area contributed by atoms with Gasteiger partial charge in [-0.1, -0.05) is 5.92 Å². The molecule has 0 aliphatic heterocycles. The predicted octanol–water partition coefficient (Wildman–Crippen LogP) is 0.192. The van der Waals surface area contributed by atoms with E-state index in [1.54, 1.807) is 14.0 Å². The van der Waals surface area contributed by atoms with Crippen LogP contribution in [-0.2, 0) is 13.7 Å². The summed E-state index contributed by atoms with van der Waals surface area (Å²) < 4.78 is 1.41. The summed E-state index contributed by atoms with van der Waals surface area (Å²) >= 11 is 0. The Hall–Kier alpha value is -1.87. The van der Waals surface area contributed by atoms with Crippen LogP contribution in [0.5, 0.6) is 0 Å². The number of aliphatic hydroxyl groups excluding tert-OH is 1. The number of hydrogen-bond acceptors (Lipinski definition) is 4. The molecule has 6 nitrogen and oxygen atoms in total. The van der Waals surface area contributed by atoms with E-state index in [2.05, 4.69) is 16.8 Å². The van der Waals surface area contributed by atoms with Crippen LogP contribution in [0.4, 0.5) is 5.82 Å². The van der Waals surface area contributed by atoms with Crippen molar-refractivity contribution in [3.8, 4) is 11.8 Å². The van der Waals surface area contributed by atoms with Crippen molar-refractivity contribution in [3.63, 3.8) is 0 Å². The van der Waals surface area contributed by atoms with Crippen molar-refractivity contribution in [3.05, 3.63) is 21.6 Å². The van der Waals surface area contributed by atoms with Gasteiger partial charge in [0.05, 0.1) is 6.61 Å². The average Bonchev–Trinajstić information content (AvgIpc) is 2.44. The van der Waals surface area contributed by atoms with Crippen molar-refractivity contribution in [1.29, 1.82) is 0 Å². The quantitative estimate of drug-likeness (QED) is 0.415. The molecule has 1 aromatic heterocycles. The smallest absolute Gasteiger partial charge is 0.388 e. The van der Waals surface area contributed by atoms with Crippen LogP contribution in [-0.4, -0.2) is 19.6 Å². The minimum atomic E-state index is -0.633. The molecule has 0 amide bonds. The zero-order valence-electron chi connectivity index (χ0n) is 7.81. The summed E-state index contributed by atoms with van der Waals surface area (Å²) in [6.45, 7) is 1.18. The van der Waals surface area contributed by atoms with E-state index in [1.807, 2.05) is 0 Å². The van der Waals surface area contributed by atoms with E-state index in [-0.39, 0.29) is 17.3 Å². The number of aliphatic hydroxyl groups is 1. The fourth-order valence-electron chi connectivity index (χ4n) is 1.06. The molecule has 0 saturated carbocycles. The van der Waals surface area contributed by atoms with Crippen LogP contribution in [0.15, 0.2) is 0 Å². The number of nitro groups is 1. The van der Waals surface area contributed by atoms with Gasteiger partial charge in [0.2, 0.25) is 0 Å². The van der Waals surface area contributed by atoms with E-state index < -0.39 is 11.5 Å². The predicted molar refractivity (Wildman–Crippen MR) is 48.3 cm³/mol. The van der Waals surface area contributed by atoms with Gasteiger partial charge in [-0.15, -0.1) is 0 Å². The summed E-state index contributed by atoms with van der Waals surface area (Å²) in [6, 6.07) is 0. The first-order valence-corrected chi connectivity index (χ1v) is 3.85. The molecule has 0 fully saturated rings. The van der Waals surface area contributed by atoms with Crippen LogP contribution >= 0.6 is 0 Å². The lowest BCUT2D eigenvalue weighted by atomic mass is 10.4. The number of rotatable bonds is 2. The Morgan fingerprint density at radius 2 is 2.36 bits per heavy atom. The highest BCUT2D eigenvalue weighted by Crippen LogP contribution is 2.17. The van der Waals surface area contributed by atoms with Gasteiger partial charge in [0.25, 0.3) is 5.82 Å². The molecule has 0 radical (unpaired) electrons. The Balaban J connectivity index is 3.36. The zero-order valence-corrected chi connectivity index (χ0v) is 7.81. The van der Waals surface area contributed by atoms with Gasteiger partial charge in [0, 0.05) is 7.05 Å². The van der Waals surface area contributed by atoms with E-state index in [1.165, 1.54) is 4.57 Å². The molecule has 1 aromatic rings. The number of aromatic nitrogens is 2. The van der Waals surface area contributed by atoms with Gasteiger partial charge in [-0.3, -0.25) is 4.57 Å². The molecule has 0 spiro atoms. The zero-order chi connectivity index (χ0) is 10.7. The van der Waals surface area contributed by atoms with Crippen molar-refractivity contribution in [1.82, 2.24) is 9.55 Å². The molecule has 6 heteroatoms. The molecule has 0 saturated heterocycles. The molecule has 0 unspecified atom stereocenters. The summed E-state index contributed by atoms with van der Waals surface area (Å²) in [6.07, 6.45) is 0. The van der Waals surface area contributed by atoms with E-state index >= 15 is 0 Å². The Morgan fingerprint density at radius 1 is 1.71 bits per heavy atom. The topological polar surface area (TPSA) is 81.2 Å². The third kappa shape index (κ3) is 1.58. The molecule has 0 aromatic carbocycles. The standard InChI is InChI=1S/C8H9N3O3/c1-3-4-7-9-8(11(13)14)6(5-12)10(7)2/h12H,5H2,1-2H3. The maximum absolute atomic E-state index is 10.5. The van der Waals surface area contributed by atoms with E-state index in [0.717, 1.165) is 0 Å². The number of hydrogen-bond donors (Lipinski definition) is 1. The average molecular weight is 195 g/mol. The Bertz CT molecular complexity index is 425. The third-order valence-electron chi connectivity index (χ3n) is 1.75. The van der Waals surface area contributed by atoms with Gasteiger partial charge in [-0.25, -0.2) is 0 Å². The Kier molecular flexibility index (Phi) is 2.84. The minimum Gasteiger partial charge on any atom is -0.390 e. The van der Waals surface area contributed by atoms with Crippen molar-refractivity contribution >= 4 is 5.82 Å². The van der Waals surface area contributed by atoms with Gasteiger partial charge in [-0.05, 0) is 22.8 Å². The van der Waals surface area contributed by atoms with Gasteiger partial charge < -0.3 is 15.2 Å². The second-order valence-electron chi connectivity index (χ2n) is 2.55. The molecule has 0 atom stereocenters. The number of nitrogens with zero attached hydrogens (tertiary/aromatic N) is 3. The second kappa shape index (κ2) is 3.89. The normalized spacial score (nSPS) is 9.36. The summed E-state index contributed by atoms with van der Waals surface area (Å²) in [4.78, 5) is 13.6. The van der Waals surface area contributed by atoms with E-state index in [4.69, 9.17) is 5.11 Å². The van der Waals surface area contributed by atoms with E-state index in [9.17, 15) is 10.1 Å². The largest absolute Gasteiger partial charge is 0.390 e.